The maximum absolute atomic E-state index is 12.5. The number of ether oxygens (including phenoxy) is 2. The van der Waals surface area contributed by atoms with E-state index in [1.807, 2.05) is 0 Å². The van der Waals surface area contributed by atoms with Crippen LogP contribution in [-0.4, -0.2) is 45.9 Å². The monoisotopic (exact) mass is 346 g/mol. The molecule has 0 aliphatic carbocycles. The Morgan fingerprint density at radius 1 is 1.04 bits per heavy atom. The van der Waals surface area contributed by atoms with E-state index >= 15 is 0 Å². The van der Waals surface area contributed by atoms with Crippen molar-refractivity contribution in [3.05, 3.63) is 40.6 Å². The molecule has 0 radical (unpaired) electrons. The van der Waals surface area contributed by atoms with Crippen LogP contribution in [0.2, 0.25) is 0 Å². The molecular formula is C16H18N4O5. The molecule has 3 N–H and O–H groups in total. The van der Waals surface area contributed by atoms with Crippen molar-refractivity contribution in [3.63, 3.8) is 0 Å². The number of nitrogens with one attached hydrogen (secondary N) is 1. The molecule has 0 saturated carbocycles. The topological polar surface area (TPSA) is 137 Å². The van der Waals surface area contributed by atoms with Crippen molar-refractivity contribution in [1.29, 1.82) is 0 Å². The minimum Gasteiger partial charge on any atom is -0.462 e. The van der Waals surface area contributed by atoms with Gasteiger partial charge in [0.05, 0.1) is 17.7 Å². The predicted molar refractivity (Wildman–Crippen MR) is 87.3 cm³/mol. The van der Waals surface area contributed by atoms with Crippen LogP contribution in [0.15, 0.2) is 12.4 Å². The van der Waals surface area contributed by atoms with E-state index < -0.39 is 24.3 Å². The number of esters is 2. The van der Waals surface area contributed by atoms with Gasteiger partial charge in [0.15, 0.2) is 18.1 Å². The van der Waals surface area contributed by atoms with E-state index in [9.17, 15) is 14.4 Å². The van der Waals surface area contributed by atoms with Crippen molar-refractivity contribution < 1.29 is 23.9 Å². The molecule has 132 valence electrons. The minimum atomic E-state index is -0.874. The van der Waals surface area contributed by atoms with E-state index in [2.05, 4.69) is 15.0 Å². The fourth-order valence-electron chi connectivity index (χ4n) is 2.37. The number of rotatable bonds is 6. The minimum absolute atomic E-state index is 0.0965. The normalized spacial score (nSPS) is 10.4. The van der Waals surface area contributed by atoms with E-state index in [1.54, 1.807) is 20.8 Å². The number of H-pyrrole nitrogens is 1. The summed E-state index contributed by atoms with van der Waals surface area (Å²) in [6.45, 7) is 4.57. The number of aromatic nitrogens is 3. The molecule has 2 aromatic rings. The quantitative estimate of drug-likeness (QED) is 0.588. The number of carbonyl (C=O) groups excluding carboxylic acids is 3. The van der Waals surface area contributed by atoms with E-state index in [4.69, 9.17) is 15.2 Å². The first kappa shape index (κ1) is 18.1. The highest BCUT2D eigenvalue weighted by Crippen LogP contribution is 2.20. The lowest BCUT2D eigenvalue weighted by Gasteiger charge is -2.07. The molecule has 0 aliphatic rings. The number of carbonyl (C=O) groups is 3. The molecule has 0 amide bonds. The third kappa shape index (κ3) is 3.82. The summed E-state index contributed by atoms with van der Waals surface area (Å²) in [5.41, 5.74) is 6.62. The van der Waals surface area contributed by atoms with Gasteiger partial charge in [0.1, 0.15) is 0 Å². The summed E-state index contributed by atoms with van der Waals surface area (Å²) in [6.07, 6.45) is 2.61. The molecule has 0 aliphatic heterocycles. The molecule has 25 heavy (non-hydrogen) atoms. The van der Waals surface area contributed by atoms with Gasteiger partial charge >= 0.3 is 11.9 Å². The zero-order valence-corrected chi connectivity index (χ0v) is 14.1. The Bertz CT molecular complexity index is 828. The second kappa shape index (κ2) is 7.56. The molecule has 2 aromatic heterocycles. The Morgan fingerprint density at radius 2 is 1.68 bits per heavy atom. The molecule has 9 nitrogen and oxygen atoms in total. The van der Waals surface area contributed by atoms with Crippen LogP contribution in [0, 0.1) is 13.8 Å². The predicted octanol–water partition coefficient (Wildman–Crippen LogP) is 1.22. The molecule has 0 fully saturated rings. The smallest absolute Gasteiger partial charge is 0.361 e. The first-order valence-corrected chi connectivity index (χ1v) is 7.49. The average Bonchev–Trinajstić information content (AvgIpc) is 2.87. The van der Waals surface area contributed by atoms with Crippen molar-refractivity contribution in [2.45, 2.75) is 20.8 Å². The number of nitrogens with two attached hydrogens (primary N) is 1. The van der Waals surface area contributed by atoms with Crippen LogP contribution in [0.5, 0.6) is 0 Å². The molecule has 9 heteroatoms. The summed E-state index contributed by atoms with van der Waals surface area (Å²) in [5.74, 6) is -2.12. The van der Waals surface area contributed by atoms with Gasteiger partial charge in [0.25, 0.3) is 0 Å². The third-order valence-corrected chi connectivity index (χ3v) is 3.39. The molecule has 0 atom stereocenters. The standard InChI is InChI=1S/C16H18N4O5/c1-4-24-15(22)12-9(3)20-8(2)11(12)10(21)7-25-16(23)13-14(17)19-6-5-18-13/h5-6,20H,4,7H2,1-3H3,(H2,17,19). The van der Waals surface area contributed by atoms with Gasteiger partial charge < -0.3 is 20.2 Å². The lowest BCUT2D eigenvalue weighted by atomic mass is 10.1. The van der Waals surface area contributed by atoms with E-state index in [-0.39, 0.29) is 29.2 Å². The first-order valence-electron chi connectivity index (χ1n) is 7.49. The van der Waals surface area contributed by atoms with Gasteiger partial charge in [-0.25, -0.2) is 19.6 Å². The van der Waals surface area contributed by atoms with Crippen LogP contribution in [0.4, 0.5) is 5.82 Å². The molecule has 0 unspecified atom stereocenters. The average molecular weight is 346 g/mol. The molecule has 2 rings (SSSR count). The number of Topliss-reactive ketones (excluding diaryl/α,β-unsaturated/α-hetero) is 1. The van der Waals surface area contributed by atoms with Gasteiger partial charge in [-0.05, 0) is 20.8 Å². The highest BCUT2D eigenvalue weighted by atomic mass is 16.5. The lowest BCUT2D eigenvalue weighted by molar-refractivity contribution is 0.0467. The second-order valence-electron chi connectivity index (χ2n) is 5.13. The van der Waals surface area contributed by atoms with Crippen molar-refractivity contribution in [3.8, 4) is 0 Å². The van der Waals surface area contributed by atoms with Gasteiger partial charge in [-0.3, -0.25) is 4.79 Å². The van der Waals surface area contributed by atoms with Gasteiger partial charge in [-0.1, -0.05) is 0 Å². The SMILES string of the molecule is CCOC(=O)c1c(C)[nH]c(C)c1C(=O)COC(=O)c1nccnc1N. The van der Waals surface area contributed by atoms with Crippen LogP contribution in [-0.2, 0) is 9.47 Å². The molecule has 0 aromatic carbocycles. The zero-order valence-electron chi connectivity index (χ0n) is 14.1. The lowest BCUT2D eigenvalue weighted by Crippen LogP contribution is -2.19. The Morgan fingerprint density at radius 3 is 2.32 bits per heavy atom. The van der Waals surface area contributed by atoms with Crippen molar-refractivity contribution in [2.75, 3.05) is 18.9 Å². The van der Waals surface area contributed by atoms with Crippen LogP contribution in [0.1, 0.15) is 49.5 Å². The van der Waals surface area contributed by atoms with E-state index in [0.29, 0.717) is 11.4 Å². The second-order valence-corrected chi connectivity index (χ2v) is 5.13. The van der Waals surface area contributed by atoms with Crippen LogP contribution in [0.25, 0.3) is 0 Å². The fourth-order valence-corrected chi connectivity index (χ4v) is 2.37. The molecule has 0 spiro atoms. The summed E-state index contributed by atoms with van der Waals surface area (Å²) in [4.78, 5) is 46.9. The van der Waals surface area contributed by atoms with Crippen LogP contribution in [0.3, 0.4) is 0 Å². The Kier molecular flexibility index (Phi) is 5.48. The van der Waals surface area contributed by atoms with Crippen molar-refractivity contribution in [1.82, 2.24) is 15.0 Å². The van der Waals surface area contributed by atoms with Gasteiger partial charge in [-0.2, -0.15) is 0 Å². The number of nitrogens with zero attached hydrogens (tertiary/aromatic N) is 2. The summed E-state index contributed by atoms with van der Waals surface area (Å²) >= 11 is 0. The van der Waals surface area contributed by atoms with Gasteiger partial charge in [0.2, 0.25) is 5.78 Å². The molecular weight excluding hydrogens is 328 g/mol. The maximum Gasteiger partial charge on any atom is 0.361 e. The van der Waals surface area contributed by atoms with Crippen molar-refractivity contribution >= 4 is 23.5 Å². The number of anilines is 1. The van der Waals surface area contributed by atoms with Crippen molar-refractivity contribution in [2.24, 2.45) is 0 Å². The van der Waals surface area contributed by atoms with E-state index in [1.165, 1.54) is 12.4 Å². The first-order chi connectivity index (χ1) is 11.9. The zero-order chi connectivity index (χ0) is 18.6. The van der Waals surface area contributed by atoms with Crippen LogP contribution >= 0.6 is 0 Å². The summed E-state index contributed by atoms with van der Waals surface area (Å²) < 4.78 is 9.92. The fraction of sp³-hybridized carbons (Fsp3) is 0.312. The molecule has 0 saturated heterocycles. The van der Waals surface area contributed by atoms with E-state index in [0.717, 1.165) is 0 Å². The number of ketones is 1. The summed E-state index contributed by atoms with van der Waals surface area (Å²) in [5, 5.41) is 0. The number of aryl methyl sites for hydroxylation is 2. The maximum atomic E-state index is 12.5. The number of nitrogen functional groups attached to an aromatic ring is 1. The Hall–Kier alpha value is -3.23. The Labute approximate surface area is 143 Å². The highest BCUT2D eigenvalue weighted by Gasteiger charge is 2.26. The molecule has 0 bridgehead atoms. The highest BCUT2D eigenvalue weighted by molar-refractivity contribution is 6.09. The summed E-state index contributed by atoms with van der Waals surface area (Å²) in [6, 6.07) is 0. The van der Waals surface area contributed by atoms with Gasteiger partial charge in [0, 0.05) is 23.8 Å². The largest absolute Gasteiger partial charge is 0.462 e. The number of aromatic amines is 1. The molecule has 2 heterocycles. The van der Waals surface area contributed by atoms with Gasteiger partial charge in [-0.15, -0.1) is 0 Å². The van der Waals surface area contributed by atoms with Crippen LogP contribution < -0.4 is 5.73 Å². The Balaban J connectivity index is 2.18. The number of hydrogen-bond acceptors (Lipinski definition) is 8. The third-order valence-electron chi connectivity index (χ3n) is 3.39. The number of hydrogen-bond donors (Lipinski definition) is 2. The summed E-state index contributed by atoms with van der Waals surface area (Å²) in [7, 11) is 0.